The van der Waals surface area contributed by atoms with Crippen LogP contribution in [0.1, 0.15) is 19.8 Å². The molecule has 0 aliphatic rings. The molecule has 6 nitrogen and oxygen atoms in total. The molecule has 2 atom stereocenters. The number of hydrogen-bond acceptors (Lipinski definition) is 4. The van der Waals surface area contributed by atoms with Gasteiger partial charge in [0.1, 0.15) is 0 Å². The fourth-order valence-corrected chi connectivity index (χ4v) is 0.866. The summed E-state index contributed by atoms with van der Waals surface area (Å²) < 4.78 is 0. The topological polar surface area (TPSA) is 113 Å². The lowest BCUT2D eigenvalue weighted by Crippen LogP contribution is -2.47. The van der Waals surface area contributed by atoms with E-state index >= 15 is 0 Å². The number of carbonyl (C=O) groups is 2. The van der Waals surface area contributed by atoms with Gasteiger partial charge in [0, 0.05) is 0 Å². The monoisotopic (exact) mass is 204 g/mol. The second-order valence-electron chi connectivity index (χ2n) is 3.00. The lowest BCUT2D eigenvalue weighted by atomic mass is 10.1. The second-order valence-corrected chi connectivity index (χ2v) is 3.00. The van der Waals surface area contributed by atoms with Crippen molar-refractivity contribution in [3.05, 3.63) is 0 Å². The van der Waals surface area contributed by atoms with Crippen molar-refractivity contribution < 1.29 is 19.8 Å². The van der Waals surface area contributed by atoms with Gasteiger partial charge in [0.2, 0.25) is 5.91 Å². The summed E-state index contributed by atoms with van der Waals surface area (Å²) in [4.78, 5) is 21.4. The minimum absolute atomic E-state index is 0.179. The number of aliphatic hydroxyl groups excluding tert-OH is 1. The maximum atomic E-state index is 11.2. The molecule has 0 spiro atoms. The van der Waals surface area contributed by atoms with E-state index in [4.69, 9.17) is 15.9 Å². The minimum Gasteiger partial charge on any atom is -0.481 e. The quantitative estimate of drug-likeness (QED) is 0.428. The van der Waals surface area contributed by atoms with Crippen molar-refractivity contribution in [1.29, 1.82) is 0 Å². The number of amides is 1. The summed E-state index contributed by atoms with van der Waals surface area (Å²) in [6.45, 7) is 1.62. The highest BCUT2D eigenvalue weighted by molar-refractivity contribution is 5.86. The second kappa shape index (κ2) is 6.33. The smallest absolute Gasteiger partial charge is 0.305 e. The van der Waals surface area contributed by atoms with E-state index in [9.17, 15) is 9.59 Å². The van der Waals surface area contributed by atoms with Gasteiger partial charge in [0.05, 0.1) is 25.1 Å². The molecule has 0 aromatic heterocycles. The van der Waals surface area contributed by atoms with Gasteiger partial charge in [-0.05, 0) is 6.42 Å². The van der Waals surface area contributed by atoms with Crippen molar-refractivity contribution in [2.75, 3.05) is 6.61 Å². The van der Waals surface area contributed by atoms with E-state index in [0.717, 1.165) is 0 Å². The zero-order chi connectivity index (χ0) is 11.1. The molecule has 0 heterocycles. The number of hydrogen-bond donors (Lipinski definition) is 4. The molecule has 6 heteroatoms. The fourth-order valence-electron chi connectivity index (χ4n) is 0.866. The van der Waals surface area contributed by atoms with E-state index < -0.39 is 24.3 Å². The molecule has 0 saturated carbocycles. The van der Waals surface area contributed by atoms with Crippen molar-refractivity contribution in [2.24, 2.45) is 5.73 Å². The molecule has 0 aromatic rings. The van der Waals surface area contributed by atoms with Crippen LogP contribution in [0.4, 0.5) is 0 Å². The van der Waals surface area contributed by atoms with Crippen LogP contribution in [0.2, 0.25) is 0 Å². The number of aliphatic hydroxyl groups is 1. The van der Waals surface area contributed by atoms with Gasteiger partial charge in [-0.25, -0.2) is 0 Å². The number of nitrogens with one attached hydrogen (secondary N) is 1. The van der Waals surface area contributed by atoms with E-state index in [1.54, 1.807) is 6.92 Å². The fraction of sp³-hybridized carbons (Fsp3) is 0.750. The molecule has 0 aliphatic carbocycles. The van der Waals surface area contributed by atoms with E-state index in [-0.39, 0.29) is 12.6 Å². The van der Waals surface area contributed by atoms with Crippen LogP contribution in [-0.2, 0) is 9.59 Å². The Labute approximate surface area is 82.1 Å². The highest BCUT2D eigenvalue weighted by Gasteiger charge is 2.18. The van der Waals surface area contributed by atoms with Crippen molar-refractivity contribution in [2.45, 2.75) is 31.8 Å². The molecule has 14 heavy (non-hydrogen) atoms. The van der Waals surface area contributed by atoms with Crippen molar-refractivity contribution in [3.63, 3.8) is 0 Å². The molecular weight excluding hydrogens is 188 g/mol. The van der Waals surface area contributed by atoms with Gasteiger partial charge in [0.25, 0.3) is 0 Å². The number of nitrogens with two attached hydrogens (primary N) is 1. The lowest BCUT2D eigenvalue weighted by Gasteiger charge is -2.16. The van der Waals surface area contributed by atoms with Gasteiger partial charge in [0.15, 0.2) is 0 Å². The van der Waals surface area contributed by atoms with E-state index in [2.05, 4.69) is 5.32 Å². The van der Waals surface area contributed by atoms with Crippen molar-refractivity contribution in [3.8, 4) is 0 Å². The number of rotatable bonds is 6. The Morgan fingerprint density at radius 2 is 2.07 bits per heavy atom. The third-order valence-corrected chi connectivity index (χ3v) is 1.79. The van der Waals surface area contributed by atoms with Crippen LogP contribution in [0.15, 0.2) is 0 Å². The van der Waals surface area contributed by atoms with E-state index in [1.807, 2.05) is 0 Å². The van der Waals surface area contributed by atoms with Crippen LogP contribution >= 0.6 is 0 Å². The van der Waals surface area contributed by atoms with Gasteiger partial charge < -0.3 is 21.3 Å². The first-order valence-corrected chi connectivity index (χ1v) is 4.39. The van der Waals surface area contributed by atoms with Crippen molar-refractivity contribution >= 4 is 11.9 Å². The molecule has 0 radical (unpaired) electrons. The first kappa shape index (κ1) is 12.9. The Morgan fingerprint density at radius 3 is 2.43 bits per heavy atom. The van der Waals surface area contributed by atoms with Gasteiger partial charge in [-0.2, -0.15) is 0 Å². The minimum atomic E-state index is -1.12. The first-order chi connectivity index (χ1) is 6.51. The van der Waals surface area contributed by atoms with Gasteiger partial charge >= 0.3 is 5.97 Å². The van der Waals surface area contributed by atoms with Gasteiger partial charge in [-0.3, -0.25) is 9.59 Å². The number of carboxylic acids is 1. The molecular formula is C8H16N2O4. The Kier molecular flexibility index (Phi) is 5.82. The highest BCUT2D eigenvalue weighted by Crippen LogP contribution is 1.93. The Balaban J connectivity index is 3.99. The van der Waals surface area contributed by atoms with Crippen LogP contribution in [0.3, 0.4) is 0 Å². The zero-order valence-electron chi connectivity index (χ0n) is 8.06. The standard InChI is InChI=1S/C8H16N2O4/c1-2-5(4-11)10-8(14)6(9)3-7(12)13/h5-6,11H,2-4,9H2,1H3,(H,10,14)(H,12,13). The predicted molar refractivity (Wildman–Crippen MR) is 49.5 cm³/mol. The lowest BCUT2D eigenvalue weighted by molar-refractivity contribution is -0.139. The van der Waals surface area contributed by atoms with Crippen LogP contribution in [0.5, 0.6) is 0 Å². The summed E-state index contributed by atoms with van der Waals surface area (Å²) in [5.41, 5.74) is 5.30. The van der Waals surface area contributed by atoms with Crippen LogP contribution in [0, 0.1) is 0 Å². The van der Waals surface area contributed by atoms with Crippen LogP contribution < -0.4 is 11.1 Å². The average Bonchev–Trinajstić information content (AvgIpc) is 2.12. The van der Waals surface area contributed by atoms with Crippen molar-refractivity contribution in [1.82, 2.24) is 5.32 Å². The van der Waals surface area contributed by atoms with Crippen LogP contribution in [0.25, 0.3) is 0 Å². The van der Waals surface area contributed by atoms with Crippen LogP contribution in [-0.4, -0.2) is 40.8 Å². The first-order valence-electron chi connectivity index (χ1n) is 4.39. The maximum Gasteiger partial charge on any atom is 0.305 e. The third-order valence-electron chi connectivity index (χ3n) is 1.79. The SMILES string of the molecule is CCC(CO)NC(=O)C(N)CC(=O)O. The largest absolute Gasteiger partial charge is 0.481 e. The Hall–Kier alpha value is -1.14. The molecule has 5 N–H and O–H groups in total. The summed E-state index contributed by atoms with van der Waals surface area (Å²) in [6, 6.07) is -1.42. The van der Waals surface area contributed by atoms with E-state index in [1.165, 1.54) is 0 Å². The molecule has 0 bridgehead atoms. The predicted octanol–water partition coefficient (Wildman–Crippen LogP) is -1.32. The third kappa shape index (κ3) is 4.78. The summed E-state index contributed by atoms with van der Waals surface area (Å²) >= 11 is 0. The number of aliphatic carboxylic acids is 1. The van der Waals surface area contributed by atoms with Gasteiger partial charge in [-0.1, -0.05) is 6.92 Å². The molecule has 0 aliphatic heterocycles. The average molecular weight is 204 g/mol. The Morgan fingerprint density at radius 1 is 1.50 bits per heavy atom. The summed E-state index contributed by atoms with van der Waals surface area (Å²) in [6.07, 6.45) is 0.162. The highest BCUT2D eigenvalue weighted by atomic mass is 16.4. The molecule has 1 amide bonds. The Bertz CT molecular complexity index is 204. The van der Waals surface area contributed by atoms with Gasteiger partial charge in [-0.15, -0.1) is 0 Å². The molecule has 0 fully saturated rings. The summed E-state index contributed by atoms with van der Waals surface area (Å²) in [7, 11) is 0. The summed E-state index contributed by atoms with van der Waals surface area (Å²) in [5, 5.41) is 19.6. The zero-order valence-corrected chi connectivity index (χ0v) is 8.06. The molecule has 2 unspecified atom stereocenters. The van der Waals surface area contributed by atoms with E-state index in [0.29, 0.717) is 6.42 Å². The number of carboxylic acid groups (broad SMARTS) is 1. The molecule has 82 valence electrons. The maximum absolute atomic E-state index is 11.2. The number of carbonyl (C=O) groups excluding carboxylic acids is 1. The summed E-state index contributed by atoms with van der Waals surface area (Å²) in [5.74, 6) is -1.67. The molecule has 0 aromatic carbocycles. The molecule has 0 saturated heterocycles. The normalized spacial score (nSPS) is 14.5. The molecule has 0 rings (SSSR count).